The third-order valence-electron chi connectivity index (χ3n) is 8.41. The zero-order valence-electron chi connectivity index (χ0n) is 20.0. The fraction of sp³-hybridized carbons (Fsp3) is 0.571. The summed E-state index contributed by atoms with van der Waals surface area (Å²) in [5.74, 6) is 3.71. The molecular weight excluding hydrogens is 517 g/mol. The van der Waals surface area contributed by atoms with Gasteiger partial charge >= 0.3 is 0 Å². The average Bonchev–Trinajstić information content (AvgIpc) is 2.77. The third kappa shape index (κ3) is 4.85. The van der Waals surface area contributed by atoms with E-state index in [0.29, 0.717) is 40.1 Å². The van der Waals surface area contributed by atoms with Crippen molar-refractivity contribution >= 4 is 27.5 Å². The molecule has 184 valence electrons. The van der Waals surface area contributed by atoms with Crippen molar-refractivity contribution in [2.75, 3.05) is 6.61 Å². The average molecular weight is 551 g/mol. The minimum atomic E-state index is -0.374. The topological polar surface area (TPSA) is 30.5 Å². The van der Waals surface area contributed by atoms with Gasteiger partial charge in [-0.3, -0.25) is 0 Å². The second kappa shape index (κ2) is 9.99. The van der Waals surface area contributed by atoms with Crippen LogP contribution < -0.4 is 14.8 Å². The quantitative estimate of drug-likeness (QED) is 0.344. The summed E-state index contributed by atoms with van der Waals surface area (Å²) in [6.45, 7) is 5.67. The van der Waals surface area contributed by atoms with Crippen molar-refractivity contribution in [2.45, 2.75) is 71.6 Å². The predicted octanol–water partition coefficient (Wildman–Crippen LogP) is 7.91. The van der Waals surface area contributed by atoms with Crippen LogP contribution in [0, 0.1) is 29.0 Å². The molecule has 2 aromatic carbocycles. The Morgan fingerprint density at radius 2 is 1.79 bits per heavy atom. The van der Waals surface area contributed by atoms with Crippen LogP contribution in [0.1, 0.15) is 63.5 Å². The number of ether oxygens (including phenoxy) is 2. The van der Waals surface area contributed by atoms with Gasteiger partial charge in [0.1, 0.15) is 12.4 Å². The fourth-order valence-corrected chi connectivity index (χ4v) is 7.96. The molecule has 4 bridgehead atoms. The normalized spacial score (nSPS) is 28.2. The van der Waals surface area contributed by atoms with Crippen LogP contribution >= 0.6 is 27.5 Å². The first kappa shape index (κ1) is 24.4. The van der Waals surface area contributed by atoms with Gasteiger partial charge in [-0.1, -0.05) is 17.7 Å². The maximum absolute atomic E-state index is 14.2. The zero-order chi connectivity index (χ0) is 23.9. The van der Waals surface area contributed by atoms with Crippen molar-refractivity contribution in [2.24, 2.45) is 23.2 Å². The maximum atomic E-state index is 14.2. The third-order valence-corrected chi connectivity index (χ3v) is 9.35. The van der Waals surface area contributed by atoms with Gasteiger partial charge in [-0.2, -0.15) is 0 Å². The number of nitrogens with one attached hydrogen (secondary N) is 1. The monoisotopic (exact) mass is 549 g/mol. The lowest BCUT2D eigenvalue weighted by Crippen LogP contribution is -2.54. The van der Waals surface area contributed by atoms with Crippen LogP contribution in [-0.2, 0) is 13.2 Å². The van der Waals surface area contributed by atoms with E-state index in [0.717, 1.165) is 34.3 Å². The lowest BCUT2D eigenvalue weighted by atomic mass is 9.48. The van der Waals surface area contributed by atoms with Gasteiger partial charge in [0.25, 0.3) is 0 Å². The summed E-state index contributed by atoms with van der Waals surface area (Å²) in [6, 6.07) is 9.25. The Morgan fingerprint density at radius 3 is 2.41 bits per heavy atom. The molecule has 4 aliphatic carbocycles. The number of rotatable bonds is 9. The Labute approximate surface area is 215 Å². The molecule has 0 saturated heterocycles. The van der Waals surface area contributed by atoms with Crippen LogP contribution in [0.5, 0.6) is 11.5 Å². The summed E-state index contributed by atoms with van der Waals surface area (Å²) >= 11 is 9.83. The van der Waals surface area contributed by atoms with E-state index in [1.54, 1.807) is 12.1 Å². The highest BCUT2D eigenvalue weighted by Crippen LogP contribution is 2.61. The number of benzene rings is 2. The molecule has 2 aromatic rings. The van der Waals surface area contributed by atoms with Gasteiger partial charge in [0.05, 0.1) is 16.1 Å². The van der Waals surface area contributed by atoms with Gasteiger partial charge in [-0.05, 0) is 121 Å². The Morgan fingerprint density at radius 1 is 1.12 bits per heavy atom. The van der Waals surface area contributed by atoms with Crippen LogP contribution in [-0.4, -0.2) is 12.6 Å². The second-order valence-corrected chi connectivity index (χ2v) is 12.0. The lowest BCUT2D eigenvalue weighted by molar-refractivity contribution is -0.0706. The van der Waals surface area contributed by atoms with Crippen molar-refractivity contribution in [1.29, 1.82) is 0 Å². The zero-order valence-corrected chi connectivity index (χ0v) is 22.4. The minimum absolute atomic E-state index is 0.0326. The molecule has 0 heterocycles. The van der Waals surface area contributed by atoms with Gasteiger partial charge in [0.15, 0.2) is 11.5 Å². The van der Waals surface area contributed by atoms with Crippen LogP contribution in [0.25, 0.3) is 0 Å². The highest BCUT2D eigenvalue weighted by molar-refractivity contribution is 9.10. The summed E-state index contributed by atoms with van der Waals surface area (Å²) in [4.78, 5) is 0. The molecule has 1 N–H and O–H groups in total. The van der Waals surface area contributed by atoms with E-state index < -0.39 is 0 Å². The van der Waals surface area contributed by atoms with E-state index >= 15 is 0 Å². The van der Waals surface area contributed by atoms with Gasteiger partial charge in [-0.25, -0.2) is 4.39 Å². The highest BCUT2D eigenvalue weighted by atomic mass is 79.9. The summed E-state index contributed by atoms with van der Waals surface area (Å²) in [5.41, 5.74) is 1.95. The summed E-state index contributed by atoms with van der Waals surface area (Å²) < 4.78 is 26.9. The van der Waals surface area contributed by atoms with Gasteiger partial charge in [-0.15, -0.1) is 0 Å². The molecule has 0 spiro atoms. The van der Waals surface area contributed by atoms with Crippen molar-refractivity contribution in [3.8, 4) is 11.5 Å². The molecule has 0 amide bonds. The van der Waals surface area contributed by atoms with E-state index in [2.05, 4.69) is 34.2 Å². The first-order valence-electron chi connectivity index (χ1n) is 12.6. The van der Waals surface area contributed by atoms with E-state index in [4.69, 9.17) is 21.1 Å². The van der Waals surface area contributed by atoms with E-state index in [1.807, 2.05) is 13.0 Å². The van der Waals surface area contributed by atoms with Crippen LogP contribution in [0.2, 0.25) is 5.02 Å². The first-order chi connectivity index (χ1) is 16.4. The molecule has 34 heavy (non-hydrogen) atoms. The second-order valence-electron chi connectivity index (χ2n) is 10.7. The van der Waals surface area contributed by atoms with Crippen molar-refractivity contribution in [3.63, 3.8) is 0 Å². The van der Waals surface area contributed by atoms with Crippen LogP contribution in [0.4, 0.5) is 4.39 Å². The smallest absolute Gasteiger partial charge is 0.175 e. The first-order valence-corrected chi connectivity index (χ1v) is 13.8. The SMILES string of the molecule is CCOc1cc(CNC(C)C23CC4CC(CC(C4)C2)C3)cc(Br)c1OCc1c(F)cccc1Cl. The number of hydrogen-bond donors (Lipinski definition) is 1. The van der Waals surface area contributed by atoms with Crippen molar-refractivity contribution < 1.29 is 13.9 Å². The Bertz CT molecular complexity index is 990. The molecule has 0 radical (unpaired) electrons. The Kier molecular flexibility index (Phi) is 7.17. The molecular formula is C28H34BrClFNO2. The maximum Gasteiger partial charge on any atom is 0.175 e. The van der Waals surface area contributed by atoms with E-state index in [-0.39, 0.29) is 12.4 Å². The molecule has 3 nitrogen and oxygen atoms in total. The van der Waals surface area contributed by atoms with Crippen molar-refractivity contribution in [3.05, 3.63) is 56.8 Å². The predicted molar refractivity (Wildman–Crippen MR) is 138 cm³/mol. The largest absolute Gasteiger partial charge is 0.490 e. The van der Waals surface area contributed by atoms with Gasteiger partial charge in [0, 0.05) is 18.2 Å². The van der Waals surface area contributed by atoms with Gasteiger partial charge < -0.3 is 14.8 Å². The van der Waals surface area contributed by atoms with Crippen molar-refractivity contribution in [1.82, 2.24) is 5.32 Å². The molecule has 1 unspecified atom stereocenters. The summed E-state index contributed by atoms with van der Waals surface area (Å²) in [5, 5.41) is 4.22. The number of halogens is 3. The highest BCUT2D eigenvalue weighted by Gasteiger charge is 2.52. The minimum Gasteiger partial charge on any atom is -0.490 e. The molecule has 4 fully saturated rings. The van der Waals surface area contributed by atoms with Crippen LogP contribution in [0.15, 0.2) is 34.8 Å². The van der Waals surface area contributed by atoms with Crippen LogP contribution in [0.3, 0.4) is 0 Å². The van der Waals surface area contributed by atoms with E-state index in [9.17, 15) is 4.39 Å². The van der Waals surface area contributed by atoms with E-state index in [1.165, 1.54) is 44.6 Å². The molecule has 4 aliphatic rings. The van der Waals surface area contributed by atoms with Gasteiger partial charge in [0.2, 0.25) is 0 Å². The molecule has 6 heteroatoms. The summed E-state index contributed by atoms with van der Waals surface area (Å²) in [6.07, 6.45) is 8.59. The fourth-order valence-electron chi connectivity index (χ4n) is 7.14. The number of hydrogen-bond acceptors (Lipinski definition) is 3. The Hall–Kier alpha value is -1.30. The molecule has 4 saturated carbocycles. The molecule has 0 aliphatic heterocycles. The molecule has 6 rings (SSSR count). The standard InChI is InChI=1S/C28H34BrClFNO2/c1-3-33-26-11-21(10-23(29)27(26)34-16-22-24(30)5-4-6-25(22)31)15-32-17(2)28-12-18-7-19(13-28)9-20(8-18)14-28/h4-6,10-11,17-20,32H,3,7-9,12-16H2,1-2H3. The lowest BCUT2D eigenvalue weighted by Gasteiger charge is -2.59. The molecule has 1 atom stereocenters. The molecule has 0 aromatic heterocycles. The summed E-state index contributed by atoms with van der Waals surface area (Å²) in [7, 11) is 0. The Balaban J connectivity index is 1.28.